The van der Waals surface area contributed by atoms with Gasteiger partial charge in [-0.3, -0.25) is 33.8 Å². The van der Waals surface area contributed by atoms with Crippen molar-refractivity contribution in [3.05, 3.63) is 48.0 Å². The number of benzene rings is 2. The Hall–Kier alpha value is -5.39. The van der Waals surface area contributed by atoms with Gasteiger partial charge in [-0.2, -0.15) is 0 Å². The molecule has 0 aliphatic carbocycles. The maximum atomic E-state index is 13.5. The van der Waals surface area contributed by atoms with Crippen molar-refractivity contribution in [1.29, 1.82) is 0 Å². The number of nitrogens with zero attached hydrogens (tertiary/aromatic N) is 1. The molecule has 17 nitrogen and oxygen atoms in total. The van der Waals surface area contributed by atoms with Crippen LogP contribution in [0.5, 0.6) is 0 Å². The molecule has 1 aliphatic heterocycles. The highest BCUT2D eigenvalue weighted by molar-refractivity contribution is 8.00. The third-order valence-electron chi connectivity index (χ3n) is 6.83. The largest absolute Gasteiger partial charge is 0.481 e. The summed E-state index contributed by atoms with van der Waals surface area (Å²) >= 11 is 0.867. The Kier molecular flexibility index (Phi) is 13.3. The monoisotopic (exact) mass is 672 g/mol. The quantitative estimate of drug-likeness (QED) is 0.0831. The Balaban J connectivity index is 1.93. The number of hydrogen-bond acceptors (Lipinski definition) is 9. The highest BCUT2D eigenvalue weighted by Gasteiger charge is 2.31. The number of nitrogens with two attached hydrogens (primary N) is 2. The lowest BCUT2D eigenvalue weighted by Crippen LogP contribution is -2.55. The molecule has 0 unspecified atom stereocenters. The molecule has 0 radical (unpaired) electrons. The van der Waals surface area contributed by atoms with Crippen molar-refractivity contribution in [1.82, 2.24) is 26.6 Å². The first-order valence-electron chi connectivity index (χ1n) is 14.4. The molecule has 11 N–H and O–H groups in total. The van der Waals surface area contributed by atoms with Crippen LogP contribution in [-0.4, -0.2) is 101 Å². The summed E-state index contributed by atoms with van der Waals surface area (Å²) < 4.78 is 0. The van der Waals surface area contributed by atoms with E-state index in [-0.39, 0.29) is 31.1 Å². The van der Waals surface area contributed by atoms with Crippen LogP contribution < -0.4 is 38.1 Å². The van der Waals surface area contributed by atoms with Crippen LogP contribution in [0.1, 0.15) is 30.1 Å². The molecule has 2 aromatic carbocycles. The second kappa shape index (κ2) is 17.3. The Morgan fingerprint density at radius 3 is 2.11 bits per heavy atom. The topological polar surface area (TPSA) is 284 Å². The summed E-state index contributed by atoms with van der Waals surface area (Å²) in [5, 5.41) is 31.5. The number of thioether (sulfide) groups is 1. The van der Waals surface area contributed by atoms with Crippen LogP contribution in [0.15, 0.2) is 47.5 Å². The number of nitrogens with one attached hydrogen (secondary N) is 5. The Morgan fingerprint density at radius 2 is 1.47 bits per heavy atom. The number of hydrogen-bond donors (Lipinski definition) is 9. The van der Waals surface area contributed by atoms with Crippen molar-refractivity contribution < 1.29 is 43.8 Å². The molecule has 4 atom stereocenters. The lowest BCUT2D eigenvalue weighted by molar-refractivity contribution is -0.143. The zero-order valence-electron chi connectivity index (χ0n) is 25.1. The minimum atomic E-state index is -1.70. The highest BCUT2D eigenvalue weighted by Crippen LogP contribution is 2.32. The first-order chi connectivity index (χ1) is 22.3. The van der Waals surface area contributed by atoms with E-state index in [1.807, 2.05) is 18.2 Å². The Bertz CT molecular complexity index is 1550. The number of amides is 5. The maximum Gasteiger partial charge on any atom is 0.327 e. The van der Waals surface area contributed by atoms with Crippen LogP contribution in [0.4, 0.5) is 0 Å². The molecule has 47 heavy (non-hydrogen) atoms. The molecule has 5 amide bonds. The highest BCUT2D eigenvalue weighted by atomic mass is 32.2. The molecule has 3 rings (SSSR count). The molecule has 2 aromatic rings. The molecule has 252 valence electrons. The van der Waals surface area contributed by atoms with Gasteiger partial charge in [0, 0.05) is 12.3 Å². The van der Waals surface area contributed by atoms with Gasteiger partial charge < -0.3 is 48.3 Å². The fourth-order valence-electron chi connectivity index (χ4n) is 4.53. The number of carboxylic acids is 2. The van der Waals surface area contributed by atoms with E-state index in [0.717, 1.165) is 22.5 Å². The SMILES string of the molecule is NC(N)=NCCC[C@@H]1NC(=O)CNC(=O)[C@H](c2ccc3ccccc3c2)SC[C@@H](C(=O)O)NC(=O)[C@H](CC(=O)O)NC(=O)CNC1=O. The normalized spacial score (nSPS) is 21.9. The average molecular weight is 673 g/mol. The number of rotatable bonds is 8. The Morgan fingerprint density at radius 1 is 0.830 bits per heavy atom. The van der Waals surface area contributed by atoms with Gasteiger partial charge in [0.1, 0.15) is 23.4 Å². The van der Waals surface area contributed by atoms with E-state index >= 15 is 0 Å². The van der Waals surface area contributed by atoms with Crippen molar-refractivity contribution in [2.24, 2.45) is 16.5 Å². The third-order valence-corrected chi connectivity index (χ3v) is 8.18. The van der Waals surface area contributed by atoms with Crippen LogP contribution in [0.25, 0.3) is 10.8 Å². The van der Waals surface area contributed by atoms with E-state index in [9.17, 15) is 43.8 Å². The molecular weight excluding hydrogens is 636 g/mol. The van der Waals surface area contributed by atoms with E-state index in [1.54, 1.807) is 24.3 Å². The first kappa shape index (κ1) is 36.1. The minimum absolute atomic E-state index is 0.0418. The number of aliphatic carboxylic acids is 2. The number of carboxylic acid groups (broad SMARTS) is 2. The van der Waals surface area contributed by atoms with Gasteiger partial charge in [0.05, 0.1) is 19.5 Å². The van der Waals surface area contributed by atoms with Gasteiger partial charge in [-0.15, -0.1) is 11.8 Å². The molecule has 1 aliphatic rings. The van der Waals surface area contributed by atoms with Gasteiger partial charge in [-0.05, 0) is 35.2 Å². The van der Waals surface area contributed by atoms with Crippen LogP contribution >= 0.6 is 11.8 Å². The van der Waals surface area contributed by atoms with E-state index in [2.05, 4.69) is 31.6 Å². The third kappa shape index (κ3) is 11.5. The number of aliphatic imine (C=N–C) groups is 1. The summed E-state index contributed by atoms with van der Waals surface area (Å²) in [5.41, 5.74) is 11.1. The van der Waals surface area contributed by atoms with Gasteiger partial charge in [0.2, 0.25) is 29.5 Å². The predicted molar refractivity (Wildman–Crippen MR) is 171 cm³/mol. The van der Waals surface area contributed by atoms with Crippen LogP contribution in [-0.2, 0) is 33.6 Å². The summed E-state index contributed by atoms with van der Waals surface area (Å²) in [5.74, 6) is -7.68. The summed E-state index contributed by atoms with van der Waals surface area (Å²) in [7, 11) is 0. The molecule has 0 saturated carbocycles. The van der Waals surface area contributed by atoms with Gasteiger partial charge in [-0.1, -0.05) is 36.4 Å². The van der Waals surface area contributed by atoms with Gasteiger partial charge in [-0.25, -0.2) is 4.79 Å². The zero-order chi connectivity index (χ0) is 34.5. The molecule has 1 heterocycles. The standard InChI is InChI=1S/C29H36N8O9S/c30-29(31)32-9-3-6-18-25(42)33-12-22(39)36-19(11-23(40)41)26(43)37-20(28(45)46)14-47-24(27(44)34-13-21(38)35-18)17-8-7-15-4-1-2-5-16(15)10-17/h1-2,4-5,7-8,10,18-20,24H,3,6,9,11-14H2,(H,33,42)(H,34,44)(H,35,38)(H,36,39)(H,37,43)(H,40,41)(H,45,46)(H4,30,31,32)/t18-,19-,20-,24-/m0/s1. The second-order valence-electron chi connectivity index (χ2n) is 10.4. The second-order valence-corrected chi connectivity index (χ2v) is 11.6. The van der Waals surface area contributed by atoms with E-state index in [1.165, 1.54) is 0 Å². The molecular formula is C29H36N8O9S. The van der Waals surface area contributed by atoms with Crippen LogP contribution in [0, 0.1) is 0 Å². The predicted octanol–water partition coefficient (Wildman–Crippen LogP) is -2.07. The summed E-state index contributed by atoms with van der Waals surface area (Å²) in [6.07, 6.45) is -0.599. The molecule has 18 heteroatoms. The fraction of sp³-hybridized carbons (Fsp3) is 0.379. The van der Waals surface area contributed by atoms with E-state index in [4.69, 9.17) is 11.5 Å². The molecule has 0 aromatic heterocycles. The minimum Gasteiger partial charge on any atom is -0.481 e. The summed E-state index contributed by atoms with van der Waals surface area (Å²) in [4.78, 5) is 92.3. The molecule has 0 bridgehead atoms. The first-order valence-corrected chi connectivity index (χ1v) is 15.4. The molecule has 1 saturated heterocycles. The van der Waals surface area contributed by atoms with Crippen molar-refractivity contribution in [2.75, 3.05) is 25.4 Å². The Labute approximate surface area is 272 Å². The van der Waals surface area contributed by atoms with Gasteiger partial charge in [0.25, 0.3) is 0 Å². The van der Waals surface area contributed by atoms with Gasteiger partial charge in [0.15, 0.2) is 5.96 Å². The maximum absolute atomic E-state index is 13.5. The van der Waals surface area contributed by atoms with Crippen LogP contribution in [0.3, 0.4) is 0 Å². The fourth-order valence-corrected chi connectivity index (χ4v) is 5.72. The number of carbonyl (C=O) groups excluding carboxylic acids is 5. The average Bonchev–Trinajstić information content (AvgIpc) is 3.02. The van der Waals surface area contributed by atoms with Crippen molar-refractivity contribution in [3.8, 4) is 0 Å². The summed E-state index contributed by atoms with van der Waals surface area (Å²) in [6, 6.07) is 8.05. The number of fused-ring (bicyclic) bond motifs is 1. The van der Waals surface area contributed by atoms with Crippen molar-refractivity contribution in [3.63, 3.8) is 0 Å². The molecule has 1 fully saturated rings. The van der Waals surface area contributed by atoms with Crippen LogP contribution in [0.2, 0.25) is 0 Å². The van der Waals surface area contributed by atoms with E-state index in [0.29, 0.717) is 5.56 Å². The van der Waals surface area contributed by atoms with E-state index < -0.39 is 84.4 Å². The zero-order valence-corrected chi connectivity index (χ0v) is 25.9. The smallest absolute Gasteiger partial charge is 0.327 e. The lowest BCUT2D eigenvalue weighted by atomic mass is 10.0. The van der Waals surface area contributed by atoms with Gasteiger partial charge >= 0.3 is 11.9 Å². The summed E-state index contributed by atoms with van der Waals surface area (Å²) in [6.45, 7) is -1.12. The molecule has 0 spiro atoms. The van der Waals surface area contributed by atoms with Crippen molar-refractivity contribution >= 4 is 70.0 Å². The van der Waals surface area contributed by atoms with Crippen molar-refractivity contribution in [2.45, 2.75) is 42.6 Å². The number of carbonyl (C=O) groups is 7. The lowest BCUT2D eigenvalue weighted by Gasteiger charge is -2.24. The number of guanidine groups is 1.